The number of aromatic nitrogens is 1. The number of hydrogen-bond donors (Lipinski definition) is 1. The normalized spacial score (nSPS) is 22.1. The van der Waals surface area contributed by atoms with Crippen LogP contribution in [-0.2, 0) is 4.74 Å². The molecule has 23 heavy (non-hydrogen) atoms. The van der Waals surface area contributed by atoms with Crippen LogP contribution in [0.15, 0.2) is 0 Å². The molecular formula is C18H28N2O3. The van der Waals surface area contributed by atoms with Gasteiger partial charge in [0.25, 0.3) is 0 Å². The maximum Gasteiger partial charge on any atom is 0.355 e. The Morgan fingerprint density at radius 2 is 1.83 bits per heavy atom. The van der Waals surface area contributed by atoms with Crippen LogP contribution in [0.4, 0.5) is 0 Å². The molecule has 1 aliphatic heterocycles. The van der Waals surface area contributed by atoms with Crippen LogP contribution in [0.1, 0.15) is 59.3 Å². The summed E-state index contributed by atoms with van der Waals surface area (Å²) in [6.07, 6.45) is 1.22. The number of carbonyl (C=O) groups excluding carboxylic acids is 2. The number of likely N-dealkylation sites (tertiary alicyclic amines) is 1. The summed E-state index contributed by atoms with van der Waals surface area (Å²) in [4.78, 5) is 30.0. The van der Waals surface area contributed by atoms with Gasteiger partial charge in [-0.05, 0) is 44.6 Å². The second-order valence-corrected chi connectivity index (χ2v) is 6.91. The first-order valence-corrected chi connectivity index (χ1v) is 8.45. The Hall–Kier alpha value is -1.62. The molecule has 1 aromatic rings. The van der Waals surface area contributed by atoms with Crippen LogP contribution in [0.2, 0.25) is 0 Å². The van der Waals surface area contributed by atoms with E-state index >= 15 is 0 Å². The minimum atomic E-state index is -0.396. The summed E-state index contributed by atoms with van der Waals surface area (Å²) >= 11 is 0. The Labute approximate surface area is 138 Å². The number of hydrogen-bond acceptors (Lipinski definition) is 4. The third kappa shape index (κ3) is 4.02. The number of nitrogens with zero attached hydrogens (tertiary/aromatic N) is 1. The van der Waals surface area contributed by atoms with Crippen molar-refractivity contribution < 1.29 is 14.3 Å². The molecule has 1 saturated heterocycles. The third-order valence-electron chi connectivity index (χ3n) is 4.51. The lowest BCUT2D eigenvalue weighted by atomic mass is 9.91. The van der Waals surface area contributed by atoms with Gasteiger partial charge in [-0.2, -0.15) is 0 Å². The number of Topliss-reactive ketones (excluding diaryl/α,β-unsaturated/α-hetero) is 1. The predicted octanol–water partition coefficient (Wildman–Crippen LogP) is 2.97. The summed E-state index contributed by atoms with van der Waals surface area (Å²) in [5.41, 5.74) is 2.48. The monoisotopic (exact) mass is 320 g/mol. The Kier molecular flexibility index (Phi) is 5.63. The van der Waals surface area contributed by atoms with E-state index in [4.69, 9.17) is 4.74 Å². The SMILES string of the molecule is CCOC(=O)c1[nH]c(C)c(C(=O)CN2CC(C)CC(C)C2)c1C. The van der Waals surface area contributed by atoms with Gasteiger partial charge in [0.1, 0.15) is 5.69 Å². The van der Waals surface area contributed by atoms with E-state index in [0.717, 1.165) is 18.8 Å². The zero-order chi connectivity index (χ0) is 17.1. The Morgan fingerprint density at radius 1 is 1.22 bits per heavy atom. The maximum absolute atomic E-state index is 12.7. The number of ketones is 1. The zero-order valence-corrected chi connectivity index (χ0v) is 14.9. The summed E-state index contributed by atoms with van der Waals surface area (Å²) < 4.78 is 5.04. The average Bonchev–Trinajstić information content (AvgIpc) is 2.73. The molecule has 0 aromatic carbocycles. The lowest BCUT2D eigenvalue weighted by Crippen LogP contribution is -2.41. The van der Waals surface area contributed by atoms with Crippen molar-refractivity contribution >= 4 is 11.8 Å². The second kappa shape index (κ2) is 7.30. The van der Waals surface area contributed by atoms with Crippen LogP contribution in [-0.4, -0.2) is 47.9 Å². The highest BCUT2D eigenvalue weighted by molar-refractivity contribution is 6.03. The van der Waals surface area contributed by atoms with Crippen molar-refractivity contribution in [3.8, 4) is 0 Å². The van der Waals surface area contributed by atoms with E-state index in [1.165, 1.54) is 6.42 Å². The van der Waals surface area contributed by atoms with Crippen molar-refractivity contribution in [1.29, 1.82) is 0 Å². The van der Waals surface area contributed by atoms with E-state index < -0.39 is 5.97 Å². The molecule has 1 aromatic heterocycles. The molecular weight excluding hydrogens is 292 g/mol. The van der Waals surface area contributed by atoms with Gasteiger partial charge in [0, 0.05) is 24.3 Å². The van der Waals surface area contributed by atoms with Crippen LogP contribution >= 0.6 is 0 Å². The molecule has 0 radical (unpaired) electrons. The summed E-state index contributed by atoms with van der Waals surface area (Å²) in [5, 5.41) is 0. The largest absolute Gasteiger partial charge is 0.461 e. The van der Waals surface area contributed by atoms with E-state index in [9.17, 15) is 9.59 Å². The van der Waals surface area contributed by atoms with Gasteiger partial charge in [-0.25, -0.2) is 4.79 Å². The molecule has 2 atom stereocenters. The van der Waals surface area contributed by atoms with Crippen molar-refractivity contribution in [2.45, 2.75) is 41.0 Å². The van der Waals surface area contributed by atoms with Crippen molar-refractivity contribution in [3.05, 3.63) is 22.5 Å². The van der Waals surface area contributed by atoms with Gasteiger partial charge in [-0.3, -0.25) is 9.69 Å². The lowest BCUT2D eigenvalue weighted by Gasteiger charge is -2.34. The fourth-order valence-corrected chi connectivity index (χ4v) is 3.78. The number of carbonyl (C=O) groups is 2. The average molecular weight is 320 g/mol. The van der Waals surface area contributed by atoms with Crippen LogP contribution in [0.5, 0.6) is 0 Å². The third-order valence-corrected chi connectivity index (χ3v) is 4.51. The summed E-state index contributed by atoms with van der Waals surface area (Å²) in [6, 6.07) is 0. The van der Waals surface area contributed by atoms with Gasteiger partial charge >= 0.3 is 5.97 Å². The Bertz CT molecular complexity index is 581. The van der Waals surface area contributed by atoms with Crippen molar-refractivity contribution in [3.63, 3.8) is 0 Å². The predicted molar refractivity (Wildman–Crippen MR) is 89.9 cm³/mol. The minimum absolute atomic E-state index is 0.0769. The molecule has 0 spiro atoms. The van der Waals surface area contributed by atoms with E-state index in [0.29, 0.717) is 41.8 Å². The molecule has 5 nitrogen and oxygen atoms in total. The number of piperidine rings is 1. The van der Waals surface area contributed by atoms with Crippen LogP contribution in [0.3, 0.4) is 0 Å². The van der Waals surface area contributed by atoms with E-state index in [2.05, 4.69) is 23.7 Å². The van der Waals surface area contributed by atoms with Gasteiger partial charge in [-0.15, -0.1) is 0 Å². The summed E-state index contributed by atoms with van der Waals surface area (Å²) in [7, 11) is 0. The van der Waals surface area contributed by atoms with Crippen LogP contribution in [0, 0.1) is 25.7 Å². The first-order chi connectivity index (χ1) is 10.8. The van der Waals surface area contributed by atoms with E-state index in [1.807, 2.05) is 13.8 Å². The highest BCUT2D eigenvalue weighted by Crippen LogP contribution is 2.23. The standard InChI is InChI=1S/C18H28N2O3/c1-6-23-18(22)17-13(4)16(14(5)19-17)15(21)10-20-8-11(2)7-12(3)9-20/h11-12,19H,6-10H2,1-5H3. The summed E-state index contributed by atoms with van der Waals surface area (Å²) in [5.74, 6) is 0.922. The Balaban J connectivity index is 2.15. The number of ether oxygens (including phenoxy) is 1. The van der Waals surface area contributed by atoms with Gasteiger partial charge in [-0.1, -0.05) is 13.8 Å². The highest BCUT2D eigenvalue weighted by atomic mass is 16.5. The van der Waals surface area contributed by atoms with Gasteiger partial charge in [0.2, 0.25) is 0 Å². The first kappa shape index (κ1) is 17.7. The molecule has 0 bridgehead atoms. The Morgan fingerprint density at radius 3 is 2.39 bits per heavy atom. The number of nitrogens with one attached hydrogen (secondary N) is 1. The van der Waals surface area contributed by atoms with Crippen LogP contribution in [0.25, 0.3) is 0 Å². The van der Waals surface area contributed by atoms with Gasteiger partial charge < -0.3 is 9.72 Å². The topological polar surface area (TPSA) is 62.4 Å². The molecule has 1 N–H and O–H groups in total. The molecule has 2 rings (SSSR count). The molecule has 1 aliphatic rings. The maximum atomic E-state index is 12.7. The first-order valence-electron chi connectivity index (χ1n) is 8.45. The van der Waals surface area contributed by atoms with Crippen molar-refractivity contribution in [2.24, 2.45) is 11.8 Å². The molecule has 0 amide bonds. The molecule has 0 saturated carbocycles. The highest BCUT2D eigenvalue weighted by Gasteiger charge is 2.27. The number of rotatable bonds is 5. The van der Waals surface area contributed by atoms with E-state index in [-0.39, 0.29) is 5.78 Å². The molecule has 2 heterocycles. The summed E-state index contributed by atoms with van der Waals surface area (Å²) in [6.45, 7) is 12.5. The molecule has 128 valence electrons. The molecule has 0 aliphatic carbocycles. The lowest BCUT2D eigenvalue weighted by molar-refractivity contribution is 0.0519. The van der Waals surface area contributed by atoms with E-state index in [1.54, 1.807) is 6.92 Å². The minimum Gasteiger partial charge on any atom is -0.461 e. The van der Waals surface area contributed by atoms with Gasteiger partial charge in [0.05, 0.1) is 13.2 Å². The molecule has 2 unspecified atom stereocenters. The fraction of sp³-hybridized carbons (Fsp3) is 0.667. The second-order valence-electron chi connectivity index (χ2n) is 6.91. The molecule has 1 fully saturated rings. The molecule has 5 heteroatoms. The number of aryl methyl sites for hydroxylation is 1. The van der Waals surface area contributed by atoms with Crippen molar-refractivity contribution in [1.82, 2.24) is 9.88 Å². The quantitative estimate of drug-likeness (QED) is 0.669. The number of H-pyrrole nitrogens is 1. The number of esters is 1. The number of aromatic amines is 1. The van der Waals surface area contributed by atoms with Gasteiger partial charge in [0.15, 0.2) is 5.78 Å². The zero-order valence-electron chi connectivity index (χ0n) is 14.9. The van der Waals surface area contributed by atoms with Crippen LogP contribution < -0.4 is 0 Å². The van der Waals surface area contributed by atoms with Crippen molar-refractivity contribution in [2.75, 3.05) is 26.2 Å². The fourth-order valence-electron chi connectivity index (χ4n) is 3.78. The smallest absolute Gasteiger partial charge is 0.355 e.